The maximum atomic E-state index is 12.1. The Balaban J connectivity index is 1.49. The summed E-state index contributed by atoms with van der Waals surface area (Å²) in [6.45, 7) is 4.73. The first-order chi connectivity index (χ1) is 11.6. The van der Waals surface area contributed by atoms with Crippen LogP contribution in [-0.4, -0.2) is 17.4 Å². The van der Waals surface area contributed by atoms with E-state index < -0.39 is 0 Å². The molecule has 1 amide bonds. The fourth-order valence-electron chi connectivity index (χ4n) is 2.50. The Bertz CT molecular complexity index is 835. The van der Waals surface area contributed by atoms with Gasteiger partial charge >= 0.3 is 0 Å². The van der Waals surface area contributed by atoms with Gasteiger partial charge in [0, 0.05) is 16.8 Å². The molecular formula is C19H20N2OS2. The molecule has 0 saturated heterocycles. The van der Waals surface area contributed by atoms with Gasteiger partial charge in [-0.25, -0.2) is 4.98 Å². The van der Waals surface area contributed by atoms with E-state index in [0.717, 1.165) is 28.2 Å². The Morgan fingerprint density at radius 1 is 1.17 bits per heavy atom. The number of rotatable bonds is 6. The van der Waals surface area contributed by atoms with Crippen LogP contribution in [0.3, 0.4) is 0 Å². The molecule has 0 saturated carbocycles. The molecule has 0 radical (unpaired) electrons. The zero-order valence-electron chi connectivity index (χ0n) is 13.8. The number of aromatic nitrogens is 1. The molecular weight excluding hydrogens is 336 g/mol. The van der Waals surface area contributed by atoms with Crippen molar-refractivity contribution in [1.82, 2.24) is 10.3 Å². The van der Waals surface area contributed by atoms with Gasteiger partial charge in [0.05, 0.1) is 22.0 Å². The van der Waals surface area contributed by atoms with Gasteiger partial charge in [0.1, 0.15) is 0 Å². The van der Waals surface area contributed by atoms with Crippen LogP contribution >= 0.6 is 22.7 Å². The van der Waals surface area contributed by atoms with Gasteiger partial charge in [-0.2, -0.15) is 0 Å². The van der Waals surface area contributed by atoms with Gasteiger partial charge in [-0.05, 0) is 43.5 Å². The zero-order valence-corrected chi connectivity index (χ0v) is 15.5. The molecule has 24 heavy (non-hydrogen) atoms. The average Bonchev–Trinajstić information content (AvgIpc) is 3.18. The van der Waals surface area contributed by atoms with Gasteiger partial charge < -0.3 is 5.32 Å². The third kappa shape index (κ3) is 4.30. The van der Waals surface area contributed by atoms with Crippen LogP contribution in [0.25, 0.3) is 10.6 Å². The lowest BCUT2D eigenvalue weighted by atomic mass is 10.1. The Hall–Kier alpha value is -1.98. The van der Waals surface area contributed by atoms with E-state index in [0.29, 0.717) is 13.0 Å². The van der Waals surface area contributed by atoms with Crippen molar-refractivity contribution in [3.05, 3.63) is 62.8 Å². The minimum Gasteiger partial charge on any atom is -0.355 e. The van der Waals surface area contributed by atoms with Crippen LogP contribution in [0.15, 0.2) is 41.8 Å². The van der Waals surface area contributed by atoms with Crippen LogP contribution in [0.2, 0.25) is 0 Å². The summed E-state index contributed by atoms with van der Waals surface area (Å²) in [5.74, 6) is 0.0798. The molecule has 2 heterocycles. The van der Waals surface area contributed by atoms with Crippen LogP contribution in [0.5, 0.6) is 0 Å². The monoisotopic (exact) mass is 356 g/mol. The van der Waals surface area contributed by atoms with Crippen LogP contribution in [-0.2, 0) is 17.6 Å². The van der Waals surface area contributed by atoms with E-state index >= 15 is 0 Å². The summed E-state index contributed by atoms with van der Waals surface area (Å²) in [6, 6.07) is 12.3. The van der Waals surface area contributed by atoms with Crippen LogP contribution in [0.4, 0.5) is 0 Å². The van der Waals surface area contributed by atoms with Crippen LogP contribution in [0, 0.1) is 13.8 Å². The molecule has 124 valence electrons. The van der Waals surface area contributed by atoms with E-state index in [-0.39, 0.29) is 5.91 Å². The summed E-state index contributed by atoms with van der Waals surface area (Å²) in [5, 5.41) is 6.19. The summed E-state index contributed by atoms with van der Waals surface area (Å²) >= 11 is 3.42. The topological polar surface area (TPSA) is 42.0 Å². The molecule has 1 N–H and O–H groups in total. The number of amides is 1. The normalized spacial score (nSPS) is 10.8. The largest absolute Gasteiger partial charge is 0.355 e. The van der Waals surface area contributed by atoms with E-state index in [4.69, 9.17) is 0 Å². The molecule has 3 aromatic rings. The molecule has 0 fully saturated rings. The number of thiophene rings is 1. The molecule has 0 aliphatic carbocycles. The fourth-order valence-corrected chi connectivity index (χ4v) is 4.15. The number of thiazole rings is 1. The first-order valence-electron chi connectivity index (χ1n) is 7.94. The molecule has 1 aromatic carbocycles. The predicted molar refractivity (Wildman–Crippen MR) is 102 cm³/mol. The van der Waals surface area contributed by atoms with Crippen molar-refractivity contribution in [3.8, 4) is 10.6 Å². The second kappa shape index (κ2) is 7.73. The van der Waals surface area contributed by atoms with Crippen molar-refractivity contribution in [1.29, 1.82) is 0 Å². The molecule has 0 spiro atoms. The summed E-state index contributed by atoms with van der Waals surface area (Å²) < 4.78 is 0. The number of benzene rings is 1. The highest BCUT2D eigenvalue weighted by molar-refractivity contribution is 7.16. The van der Waals surface area contributed by atoms with Crippen molar-refractivity contribution in [2.45, 2.75) is 26.7 Å². The van der Waals surface area contributed by atoms with Gasteiger partial charge in [-0.3, -0.25) is 4.79 Å². The molecule has 0 aliphatic rings. The van der Waals surface area contributed by atoms with Crippen molar-refractivity contribution in [2.75, 3.05) is 6.54 Å². The quantitative estimate of drug-likeness (QED) is 0.712. The Morgan fingerprint density at radius 2 is 2.00 bits per heavy atom. The summed E-state index contributed by atoms with van der Waals surface area (Å²) in [5.41, 5.74) is 3.30. The maximum Gasteiger partial charge on any atom is 0.224 e. The number of nitrogens with one attached hydrogen (secondary N) is 1. The number of carbonyl (C=O) groups is 1. The van der Waals surface area contributed by atoms with Gasteiger partial charge in [0.2, 0.25) is 5.91 Å². The summed E-state index contributed by atoms with van der Waals surface area (Å²) in [4.78, 5) is 19.1. The predicted octanol–water partition coefficient (Wildman–Crippen LogP) is 4.39. The second-order valence-corrected chi connectivity index (χ2v) is 7.95. The molecule has 3 nitrogen and oxygen atoms in total. The molecule has 5 heteroatoms. The van der Waals surface area contributed by atoms with Crippen LogP contribution in [0.1, 0.15) is 21.0 Å². The third-order valence-electron chi connectivity index (χ3n) is 3.84. The van der Waals surface area contributed by atoms with E-state index in [9.17, 15) is 4.79 Å². The zero-order chi connectivity index (χ0) is 16.9. The minimum absolute atomic E-state index is 0.0798. The highest BCUT2D eigenvalue weighted by Crippen LogP contribution is 2.29. The molecule has 3 rings (SSSR count). The molecule has 2 aromatic heterocycles. The van der Waals surface area contributed by atoms with Crippen molar-refractivity contribution >= 4 is 28.6 Å². The van der Waals surface area contributed by atoms with E-state index in [1.54, 1.807) is 22.7 Å². The maximum absolute atomic E-state index is 12.1. The van der Waals surface area contributed by atoms with Crippen molar-refractivity contribution < 1.29 is 4.79 Å². The summed E-state index contributed by atoms with van der Waals surface area (Å²) in [7, 11) is 0. The molecule has 0 atom stereocenters. The fraction of sp³-hybridized carbons (Fsp3) is 0.263. The molecule has 0 bridgehead atoms. The van der Waals surface area contributed by atoms with Crippen molar-refractivity contribution in [3.63, 3.8) is 0 Å². The molecule has 0 aliphatic heterocycles. The Kier molecular flexibility index (Phi) is 5.43. The lowest BCUT2D eigenvalue weighted by molar-refractivity contribution is -0.120. The first kappa shape index (κ1) is 16.9. The van der Waals surface area contributed by atoms with E-state index in [1.807, 2.05) is 38.1 Å². The lowest BCUT2D eigenvalue weighted by Crippen LogP contribution is -2.27. The lowest BCUT2D eigenvalue weighted by Gasteiger charge is -2.06. The number of aryl methyl sites for hydroxylation is 2. The Morgan fingerprint density at radius 3 is 2.75 bits per heavy atom. The number of hydrogen-bond acceptors (Lipinski definition) is 4. The smallest absolute Gasteiger partial charge is 0.224 e. The van der Waals surface area contributed by atoms with Gasteiger partial charge in [0.25, 0.3) is 0 Å². The van der Waals surface area contributed by atoms with Crippen LogP contribution < -0.4 is 5.32 Å². The van der Waals surface area contributed by atoms with E-state index in [2.05, 4.69) is 27.8 Å². The summed E-state index contributed by atoms with van der Waals surface area (Å²) in [6.07, 6.45) is 1.30. The van der Waals surface area contributed by atoms with Crippen molar-refractivity contribution in [2.24, 2.45) is 0 Å². The first-order valence-corrected chi connectivity index (χ1v) is 9.64. The number of carbonyl (C=O) groups excluding carboxylic acids is 1. The SMILES string of the molecule is Cc1nc(-c2ccc(CCNC(=O)Cc3ccccc3C)s2)cs1. The molecule has 0 unspecified atom stereocenters. The average molecular weight is 357 g/mol. The number of nitrogens with zero attached hydrogens (tertiary/aromatic N) is 1. The van der Waals surface area contributed by atoms with Gasteiger partial charge in [-0.15, -0.1) is 22.7 Å². The number of hydrogen-bond donors (Lipinski definition) is 1. The van der Waals surface area contributed by atoms with E-state index in [1.165, 1.54) is 9.75 Å². The van der Waals surface area contributed by atoms with Gasteiger partial charge in [-0.1, -0.05) is 24.3 Å². The minimum atomic E-state index is 0.0798. The highest BCUT2D eigenvalue weighted by Gasteiger charge is 2.08. The standard InChI is InChI=1S/C19H20N2OS2/c1-13-5-3-4-6-15(13)11-19(22)20-10-9-16-7-8-18(24-16)17-12-23-14(2)21-17/h3-8,12H,9-11H2,1-2H3,(H,20,22). The highest BCUT2D eigenvalue weighted by atomic mass is 32.1. The van der Waals surface area contributed by atoms with Gasteiger partial charge in [0.15, 0.2) is 0 Å². The second-order valence-electron chi connectivity index (χ2n) is 5.72. The Labute approximate surface area is 150 Å². The third-order valence-corrected chi connectivity index (χ3v) is 5.78.